The van der Waals surface area contributed by atoms with Gasteiger partial charge in [-0.05, 0) is 74.6 Å². The lowest BCUT2D eigenvalue weighted by molar-refractivity contribution is -0.136. The number of fused-ring (bicyclic) bond motifs is 3. The number of carbonyl (C=O) groups excluding carboxylic acids is 4. The van der Waals surface area contributed by atoms with Crippen LogP contribution in [0.2, 0.25) is 0 Å². The summed E-state index contributed by atoms with van der Waals surface area (Å²) in [7, 11) is 2.59. The number of nitrogens with zero attached hydrogens (tertiary/aromatic N) is 4. The fourth-order valence-electron chi connectivity index (χ4n) is 9.16. The lowest BCUT2D eigenvalue weighted by atomic mass is 9.96. The van der Waals surface area contributed by atoms with E-state index in [0.29, 0.717) is 50.6 Å². The molecule has 2 fully saturated rings. The molecule has 16 heteroatoms. The van der Waals surface area contributed by atoms with Gasteiger partial charge < -0.3 is 49.3 Å². The first kappa shape index (κ1) is 46.9. The molecule has 350 valence electrons. The highest BCUT2D eigenvalue weighted by molar-refractivity contribution is 5.87. The van der Waals surface area contributed by atoms with Crippen LogP contribution in [0.4, 0.5) is 9.59 Å². The largest absolute Gasteiger partial charge is 0.492 e. The van der Waals surface area contributed by atoms with Gasteiger partial charge in [0.15, 0.2) is 0 Å². The van der Waals surface area contributed by atoms with Gasteiger partial charge in [-0.25, -0.2) is 19.6 Å². The third-order valence-electron chi connectivity index (χ3n) is 12.8. The molecule has 2 aromatic heterocycles. The van der Waals surface area contributed by atoms with Crippen molar-refractivity contribution in [2.45, 2.75) is 118 Å². The fourth-order valence-corrected chi connectivity index (χ4v) is 9.16. The van der Waals surface area contributed by atoms with Crippen molar-refractivity contribution in [2.75, 3.05) is 40.5 Å². The third-order valence-corrected chi connectivity index (χ3v) is 12.8. The Morgan fingerprint density at radius 3 is 1.46 bits per heavy atom. The van der Waals surface area contributed by atoms with Gasteiger partial charge in [0.1, 0.15) is 35.2 Å². The third kappa shape index (κ3) is 9.81. The molecule has 7 rings (SSSR count). The van der Waals surface area contributed by atoms with Crippen molar-refractivity contribution < 1.29 is 38.1 Å². The molecule has 0 saturated carbocycles. The Hall–Kier alpha value is -6.06. The summed E-state index contributed by atoms with van der Waals surface area (Å²) in [6.07, 6.45) is 3.26. The van der Waals surface area contributed by atoms with Gasteiger partial charge in [0.25, 0.3) is 0 Å². The van der Waals surface area contributed by atoms with Crippen LogP contribution in [0.3, 0.4) is 0 Å². The Kier molecular flexibility index (Phi) is 14.1. The number of aromatic nitrogens is 4. The molecule has 16 nitrogen and oxygen atoms in total. The lowest BCUT2D eigenvalue weighted by Gasteiger charge is -2.30. The van der Waals surface area contributed by atoms with E-state index in [9.17, 15) is 19.2 Å². The molecule has 0 unspecified atom stereocenters. The summed E-state index contributed by atoms with van der Waals surface area (Å²) in [6.45, 7) is 18.0. The van der Waals surface area contributed by atoms with Crippen molar-refractivity contribution in [3.05, 3.63) is 59.4 Å². The molecule has 3 aliphatic heterocycles. The zero-order chi connectivity index (χ0) is 46.7. The number of H-pyrrole nitrogens is 2. The molecule has 0 aliphatic carbocycles. The van der Waals surface area contributed by atoms with Crippen LogP contribution in [0.25, 0.3) is 33.6 Å². The van der Waals surface area contributed by atoms with Gasteiger partial charge in [-0.15, -0.1) is 0 Å². The van der Waals surface area contributed by atoms with Crippen molar-refractivity contribution in [2.24, 2.45) is 17.3 Å². The molecular weight excluding hydrogens is 829 g/mol. The summed E-state index contributed by atoms with van der Waals surface area (Å²) < 4.78 is 23.0. The Morgan fingerprint density at radius 2 is 1.11 bits per heavy atom. The highest BCUT2D eigenvalue weighted by Gasteiger charge is 2.40. The molecule has 3 aliphatic rings. The lowest BCUT2D eigenvalue weighted by Crippen LogP contribution is -2.51. The quantitative estimate of drug-likeness (QED) is 0.108. The molecule has 4 amide bonds. The second-order valence-corrected chi connectivity index (χ2v) is 18.9. The number of amides is 4. The summed E-state index contributed by atoms with van der Waals surface area (Å²) in [6, 6.07) is 10.4. The highest BCUT2D eigenvalue weighted by Crippen LogP contribution is 2.44. The average molecular weight is 895 g/mol. The summed E-state index contributed by atoms with van der Waals surface area (Å²) in [5.74, 6) is 2.27. The van der Waals surface area contributed by atoms with Gasteiger partial charge in [-0.3, -0.25) is 9.59 Å². The molecule has 4 N–H and O–H groups in total. The van der Waals surface area contributed by atoms with Crippen LogP contribution in [-0.4, -0.2) is 106 Å². The van der Waals surface area contributed by atoms with Gasteiger partial charge in [0, 0.05) is 52.1 Å². The number of aromatic amines is 2. The Labute approximate surface area is 381 Å². The molecule has 5 heterocycles. The number of carbonyl (C=O) groups is 4. The van der Waals surface area contributed by atoms with Gasteiger partial charge in [-0.2, -0.15) is 0 Å². The van der Waals surface area contributed by atoms with Crippen LogP contribution >= 0.6 is 0 Å². The topological polar surface area (TPSA) is 193 Å². The number of likely N-dealkylation sites (tertiary alicyclic amines) is 2. The maximum Gasteiger partial charge on any atom is 0.407 e. The van der Waals surface area contributed by atoms with Crippen molar-refractivity contribution in [3.63, 3.8) is 0 Å². The smallest absolute Gasteiger partial charge is 0.407 e. The van der Waals surface area contributed by atoms with Gasteiger partial charge in [0.2, 0.25) is 11.8 Å². The second kappa shape index (κ2) is 19.6. The first-order valence-corrected chi connectivity index (χ1v) is 23.1. The number of benzene rings is 2. The van der Waals surface area contributed by atoms with E-state index in [0.717, 1.165) is 82.4 Å². The van der Waals surface area contributed by atoms with Crippen LogP contribution in [0.5, 0.6) is 11.5 Å². The van der Waals surface area contributed by atoms with E-state index >= 15 is 0 Å². The highest BCUT2D eigenvalue weighted by atomic mass is 16.5. The van der Waals surface area contributed by atoms with E-state index in [1.807, 2.05) is 37.5 Å². The first-order chi connectivity index (χ1) is 31.1. The predicted molar refractivity (Wildman–Crippen MR) is 246 cm³/mol. The Bertz CT molecular complexity index is 2220. The number of hydrogen-bond acceptors (Lipinski definition) is 10. The summed E-state index contributed by atoms with van der Waals surface area (Å²) in [5.41, 5.74) is 6.72. The standard InChI is InChI=1S/C49H66N8O8/c1-11-33-41(52-43(50-33)35-15-13-21-56(35)45(58)39(27(3)4)54-47(60)62-9)29-17-19-31-32-20-18-30(24-38(32)65-26-49(7,8)25-64-37(31)23-29)42-34(12-2)51-44(53-42)36-16-14-22-57(36)46(59)40(28(5)6)55-48(61)63-10/h17-20,23-24,27-28,35-36,39-40H,11-16,21-22,25-26H2,1-10H3,(H,50,52)(H,51,53)(H,54,60)(H,55,61)/t35-,36-,39-,40-/m0/s1. The minimum Gasteiger partial charge on any atom is -0.492 e. The maximum absolute atomic E-state index is 13.9. The monoisotopic (exact) mass is 895 g/mol. The zero-order valence-corrected chi connectivity index (χ0v) is 39.6. The van der Waals surface area contributed by atoms with Crippen molar-refractivity contribution in [1.29, 1.82) is 0 Å². The first-order valence-electron chi connectivity index (χ1n) is 23.1. The van der Waals surface area contributed by atoms with E-state index in [4.69, 9.17) is 28.9 Å². The number of nitrogens with one attached hydrogen (secondary N) is 4. The number of methoxy groups -OCH3 is 2. The van der Waals surface area contributed by atoms with Crippen molar-refractivity contribution in [3.8, 4) is 45.1 Å². The van der Waals surface area contributed by atoms with Crippen molar-refractivity contribution in [1.82, 2.24) is 40.4 Å². The molecule has 0 bridgehead atoms. The molecule has 2 aromatic carbocycles. The number of aryl methyl sites for hydroxylation is 2. The molecule has 4 atom stereocenters. The average Bonchev–Trinajstić information content (AvgIpc) is 4.13. The van der Waals surface area contributed by atoms with Gasteiger partial charge >= 0.3 is 12.2 Å². The normalized spacial score (nSPS) is 19.0. The number of hydrogen-bond donors (Lipinski definition) is 4. The number of ether oxygens (including phenoxy) is 4. The van der Waals surface area contributed by atoms with Crippen LogP contribution in [0.1, 0.15) is 116 Å². The Morgan fingerprint density at radius 1 is 0.708 bits per heavy atom. The van der Waals surface area contributed by atoms with Crippen LogP contribution in [0.15, 0.2) is 36.4 Å². The van der Waals surface area contributed by atoms with E-state index < -0.39 is 24.3 Å². The molecule has 0 radical (unpaired) electrons. The number of imidazole rings is 2. The van der Waals surface area contributed by atoms with Crippen molar-refractivity contribution >= 4 is 24.0 Å². The van der Waals surface area contributed by atoms with Crippen LogP contribution in [-0.2, 0) is 31.9 Å². The second-order valence-electron chi connectivity index (χ2n) is 18.9. The minimum atomic E-state index is -0.724. The summed E-state index contributed by atoms with van der Waals surface area (Å²) >= 11 is 0. The predicted octanol–water partition coefficient (Wildman–Crippen LogP) is 8.14. The van der Waals surface area contributed by atoms with E-state index in [1.165, 1.54) is 14.2 Å². The molecule has 0 spiro atoms. The summed E-state index contributed by atoms with van der Waals surface area (Å²) in [4.78, 5) is 73.3. The molecule has 65 heavy (non-hydrogen) atoms. The molecule has 4 aromatic rings. The van der Waals surface area contributed by atoms with E-state index in [1.54, 1.807) is 0 Å². The van der Waals surface area contributed by atoms with Gasteiger partial charge in [0.05, 0.1) is 50.9 Å². The van der Waals surface area contributed by atoms with Crippen LogP contribution in [0, 0.1) is 17.3 Å². The molecule has 2 saturated heterocycles. The summed E-state index contributed by atoms with van der Waals surface area (Å²) in [5, 5.41) is 5.47. The maximum atomic E-state index is 13.9. The van der Waals surface area contributed by atoms with Crippen LogP contribution < -0.4 is 20.1 Å². The number of alkyl carbamates (subject to hydrolysis) is 2. The zero-order valence-electron chi connectivity index (χ0n) is 39.6. The SMILES string of the molecule is CCc1[nH]c([C@@H]2CCCN2C(=O)[C@@H](NC(=O)OC)C(C)C)nc1-c1ccc2c(c1)OCC(C)(C)COc1cc(-c3nc([C@@H]4CCCN4C(=O)[C@@H](NC(=O)OC)C(C)C)[nH]c3CC)ccc1-2. The van der Waals surface area contributed by atoms with Gasteiger partial charge in [-0.1, -0.05) is 67.5 Å². The van der Waals surface area contributed by atoms with E-state index in [-0.39, 0.29) is 41.1 Å². The minimum absolute atomic E-state index is 0.136. The van der Waals surface area contributed by atoms with E-state index in [2.05, 4.69) is 84.7 Å². The fraction of sp³-hybridized carbons (Fsp3) is 0.551. The molecular formula is C49H66N8O8. The Balaban J connectivity index is 1.20. The number of rotatable bonds is 12.